The van der Waals surface area contributed by atoms with Gasteiger partial charge in [-0.25, -0.2) is 4.57 Å². The van der Waals surface area contributed by atoms with Crippen LogP contribution in [0.4, 0.5) is 0 Å². The second-order valence-corrected chi connectivity index (χ2v) is 30.6. The molecule has 0 fully saturated rings. The fourth-order valence-corrected chi connectivity index (χ4v) is 13.0. The quantitative estimate of drug-likeness (QED) is 0.0211. The molecule has 0 bridgehead atoms. The van der Waals surface area contributed by atoms with Crippen molar-refractivity contribution in [3.8, 4) is 0 Å². The third-order valence-corrected chi connectivity index (χ3v) is 19.5. The fourth-order valence-electron chi connectivity index (χ4n) is 12.2. The Morgan fingerprint density at radius 3 is 0.851 bits per heavy atom. The molecule has 0 heterocycles. The Morgan fingerprint density at radius 2 is 0.574 bits per heavy atom. The second-order valence-electron chi connectivity index (χ2n) is 29.2. The van der Waals surface area contributed by atoms with E-state index >= 15 is 0 Å². The number of ether oxygens (including phenoxy) is 2. The van der Waals surface area contributed by atoms with E-state index in [4.69, 9.17) is 18.5 Å². The van der Waals surface area contributed by atoms with Crippen LogP contribution in [-0.2, 0) is 32.7 Å². The van der Waals surface area contributed by atoms with Crippen LogP contribution >= 0.6 is 7.82 Å². The van der Waals surface area contributed by atoms with E-state index in [1.807, 2.05) is 21.1 Å². The lowest BCUT2D eigenvalue weighted by Crippen LogP contribution is -2.37. The number of hydrogen-bond acceptors (Lipinski definition) is 7. The smallest absolute Gasteiger partial charge is 0.462 e. The van der Waals surface area contributed by atoms with Gasteiger partial charge in [-0.15, -0.1) is 0 Å². The lowest BCUT2D eigenvalue weighted by atomic mass is 10.0. The standard InChI is InChI=1S/C84H158NO8P/c1-6-8-10-12-14-16-18-20-22-24-26-28-30-32-34-36-38-39-40-41-42-43-44-45-47-48-50-52-54-56-58-60-62-64-66-68-70-72-74-76-83(86)90-80-82(81-92-94(88,89)91-79-78-85(3,4)5)93-84(87)77-75-73-71-69-67-65-63-61-59-57-55-53-51-49-46-37-35-33-31-29-27-25-23-21-19-17-15-13-11-9-7-2/h18-21,24-27,31,33,82H,6-17,22-23,28-30,32,34-81H2,1-5H3/p+1/b20-18-,21-19-,26-24-,27-25-,33-31-. The molecular formula is C84H159NO8P+. The van der Waals surface area contributed by atoms with Gasteiger partial charge in [-0.3, -0.25) is 18.6 Å². The van der Waals surface area contributed by atoms with Crippen molar-refractivity contribution in [3.63, 3.8) is 0 Å². The zero-order valence-electron chi connectivity index (χ0n) is 63.2. The van der Waals surface area contributed by atoms with Crippen LogP contribution in [0.2, 0.25) is 0 Å². The van der Waals surface area contributed by atoms with Gasteiger partial charge in [0.1, 0.15) is 19.8 Å². The normalized spacial score (nSPS) is 13.3. The highest BCUT2D eigenvalue weighted by atomic mass is 31.2. The Morgan fingerprint density at radius 1 is 0.330 bits per heavy atom. The van der Waals surface area contributed by atoms with Crippen molar-refractivity contribution in [1.29, 1.82) is 0 Å². The number of esters is 2. The summed E-state index contributed by atoms with van der Waals surface area (Å²) >= 11 is 0. The number of nitrogens with zero attached hydrogens (tertiary/aromatic N) is 1. The molecule has 0 aromatic rings. The molecule has 2 atom stereocenters. The molecule has 0 aliphatic heterocycles. The summed E-state index contributed by atoms with van der Waals surface area (Å²) < 4.78 is 34.8. The number of carbonyl (C=O) groups excluding carboxylic acids is 2. The monoisotopic (exact) mass is 1340 g/mol. The van der Waals surface area contributed by atoms with Gasteiger partial charge in [0.05, 0.1) is 27.7 Å². The molecule has 10 heteroatoms. The third-order valence-electron chi connectivity index (χ3n) is 18.5. The predicted octanol–water partition coefficient (Wildman–Crippen LogP) is 27.3. The van der Waals surface area contributed by atoms with Crippen molar-refractivity contribution in [3.05, 3.63) is 60.8 Å². The Balaban J connectivity index is 3.90. The maximum atomic E-state index is 12.9. The summed E-state index contributed by atoms with van der Waals surface area (Å²) in [6.45, 7) is 4.48. The van der Waals surface area contributed by atoms with Crippen molar-refractivity contribution in [2.75, 3.05) is 47.5 Å². The van der Waals surface area contributed by atoms with Crippen LogP contribution in [-0.4, -0.2) is 74.9 Å². The zero-order chi connectivity index (χ0) is 68.3. The molecule has 0 saturated carbocycles. The summed E-state index contributed by atoms with van der Waals surface area (Å²) in [7, 11) is 1.50. The number of unbranched alkanes of at least 4 members (excludes halogenated alkanes) is 53. The maximum Gasteiger partial charge on any atom is 0.472 e. The van der Waals surface area contributed by atoms with Crippen LogP contribution in [0.25, 0.3) is 0 Å². The molecule has 9 nitrogen and oxygen atoms in total. The Kier molecular flexibility index (Phi) is 73.1. The molecule has 552 valence electrons. The van der Waals surface area contributed by atoms with Crippen LogP contribution in [0.5, 0.6) is 0 Å². The molecule has 0 aromatic heterocycles. The lowest BCUT2D eigenvalue weighted by Gasteiger charge is -2.24. The minimum absolute atomic E-state index is 0.0334. The van der Waals surface area contributed by atoms with Gasteiger partial charge in [0.2, 0.25) is 0 Å². The molecule has 0 amide bonds. The van der Waals surface area contributed by atoms with Gasteiger partial charge >= 0.3 is 19.8 Å². The van der Waals surface area contributed by atoms with Gasteiger partial charge in [0, 0.05) is 12.8 Å². The van der Waals surface area contributed by atoms with Gasteiger partial charge in [-0.1, -0.05) is 376 Å². The molecular weight excluding hydrogens is 1180 g/mol. The topological polar surface area (TPSA) is 108 Å². The number of likely N-dealkylation sites (N-methyl/N-ethyl adjacent to an activating group) is 1. The molecule has 94 heavy (non-hydrogen) atoms. The predicted molar refractivity (Wildman–Crippen MR) is 409 cm³/mol. The molecule has 0 aromatic carbocycles. The van der Waals surface area contributed by atoms with Crippen LogP contribution in [0.15, 0.2) is 60.8 Å². The highest BCUT2D eigenvalue weighted by Crippen LogP contribution is 2.43. The van der Waals surface area contributed by atoms with Crippen LogP contribution < -0.4 is 0 Å². The number of hydrogen-bond donors (Lipinski definition) is 1. The summed E-state index contributed by atoms with van der Waals surface area (Å²) in [4.78, 5) is 36.0. The molecule has 0 aliphatic carbocycles. The molecule has 0 spiro atoms. The molecule has 1 N–H and O–H groups in total. The molecule has 0 saturated heterocycles. The minimum Gasteiger partial charge on any atom is -0.462 e. The number of quaternary nitrogens is 1. The Bertz CT molecular complexity index is 1770. The summed E-state index contributed by atoms with van der Waals surface area (Å²) in [5.74, 6) is -0.776. The van der Waals surface area contributed by atoms with Gasteiger partial charge in [-0.2, -0.15) is 0 Å². The number of carbonyl (C=O) groups is 2. The molecule has 0 aliphatic rings. The third kappa shape index (κ3) is 78.7. The van der Waals surface area contributed by atoms with Crippen molar-refractivity contribution in [2.45, 2.75) is 418 Å². The van der Waals surface area contributed by atoms with E-state index in [1.165, 1.54) is 327 Å². The number of allylic oxidation sites excluding steroid dienone is 10. The van der Waals surface area contributed by atoms with Crippen LogP contribution in [0.1, 0.15) is 412 Å². The van der Waals surface area contributed by atoms with E-state index < -0.39 is 26.5 Å². The van der Waals surface area contributed by atoms with Crippen molar-refractivity contribution >= 4 is 19.8 Å². The second kappa shape index (κ2) is 74.9. The largest absolute Gasteiger partial charge is 0.472 e. The average Bonchev–Trinajstić information content (AvgIpc) is 1.66. The van der Waals surface area contributed by atoms with E-state index in [2.05, 4.69) is 74.6 Å². The van der Waals surface area contributed by atoms with Crippen LogP contribution in [0, 0.1) is 0 Å². The van der Waals surface area contributed by atoms with E-state index in [0.29, 0.717) is 23.9 Å². The van der Waals surface area contributed by atoms with Gasteiger partial charge in [0.15, 0.2) is 6.10 Å². The van der Waals surface area contributed by atoms with Gasteiger partial charge < -0.3 is 18.9 Å². The minimum atomic E-state index is -4.39. The number of rotatable bonds is 77. The molecule has 0 rings (SSSR count). The summed E-state index contributed by atoms with van der Waals surface area (Å²) in [6, 6.07) is 0. The van der Waals surface area contributed by atoms with Crippen molar-refractivity contribution in [2.24, 2.45) is 0 Å². The number of phosphoric ester groups is 1. The van der Waals surface area contributed by atoms with Gasteiger partial charge in [0.25, 0.3) is 0 Å². The number of phosphoric acid groups is 1. The Labute approximate surface area is 585 Å². The first-order valence-electron chi connectivity index (χ1n) is 41.0. The Hall–Kier alpha value is -2.29. The highest BCUT2D eigenvalue weighted by molar-refractivity contribution is 7.47. The van der Waals surface area contributed by atoms with E-state index in [9.17, 15) is 19.0 Å². The fraction of sp³-hybridized carbons (Fsp3) is 0.857. The average molecular weight is 1340 g/mol. The van der Waals surface area contributed by atoms with E-state index in [-0.39, 0.29) is 25.6 Å². The zero-order valence-corrected chi connectivity index (χ0v) is 64.1. The van der Waals surface area contributed by atoms with Crippen molar-refractivity contribution < 1.29 is 42.1 Å². The molecule has 0 radical (unpaired) electrons. The lowest BCUT2D eigenvalue weighted by molar-refractivity contribution is -0.870. The summed E-state index contributed by atoms with van der Waals surface area (Å²) in [5, 5.41) is 0. The summed E-state index contributed by atoms with van der Waals surface area (Å²) in [6.07, 6.45) is 101. The SMILES string of the molecule is CCCCCCC/C=C\C/C=C\C/C=C\CCCCCCCCCCCCCCCCCCC(=O)OC(COC(=O)CCCCCCCCCCCCCCCCCCCCCCCCCCCCC/C=C\C/C=C\CCCCCCC)COP(=O)(O)OCC[N+](C)(C)C. The summed E-state index contributed by atoms with van der Waals surface area (Å²) in [5.41, 5.74) is 0. The van der Waals surface area contributed by atoms with Crippen LogP contribution in [0.3, 0.4) is 0 Å². The van der Waals surface area contributed by atoms with E-state index in [0.717, 1.165) is 51.4 Å². The van der Waals surface area contributed by atoms with E-state index in [1.54, 1.807) is 0 Å². The first kappa shape index (κ1) is 91.7. The maximum absolute atomic E-state index is 12.9. The first-order valence-corrected chi connectivity index (χ1v) is 42.5. The first-order chi connectivity index (χ1) is 46.0. The van der Waals surface area contributed by atoms with Crippen molar-refractivity contribution in [1.82, 2.24) is 0 Å². The highest BCUT2D eigenvalue weighted by Gasteiger charge is 2.27. The van der Waals surface area contributed by atoms with Gasteiger partial charge in [-0.05, 0) is 83.5 Å². The molecule has 2 unspecified atom stereocenters.